The van der Waals surface area contributed by atoms with Crippen molar-refractivity contribution in [1.82, 2.24) is 19.7 Å². The quantitative estimate of drug-likeness (QED) is 0.831. The molecule has 142 valence electrons. The van der Waals surface area contributed by atoms with Crippen LogP contribution < -0.4 is 5.32 Å². The Bertz CT molecular complexity index is 717. The molecule has 0 saturated carbocycles. The molecule has 1 atom stereocenters. The number of urea groups is 1. The zero-order valence-electron chi connectivity index (χ0n) is 16.2. The lowest BCUT2D eigenvalue weighted by Gasteiger charge is -2.29. The Hall–Kier alpha value is -2.41. The molecule has 2 rings (SSSR count). The molecule has 2 N–H and O–H groups in total. The lowest BCUT2D eigenvalue weighted by Crippen LogP contribution is -2.44. The number of hydrogen-bond acceptors (Lipinski definition) is 4. The molecule has 0 aromatic carbocycles. The van der Waals surface area contributed by atoms with Gasteiger partial charge in [-0.05, 0) is 18.6 Å². The van der Waals surface area contributed by atoms with Gasteiger partial charge in [0.25, 0.3) is 0 Å². The number of aliphatic hydroxyl groups excluding tert-OH is 1. The van der Waals surface area contributed by atoms with Gasteiger partial charge in [0, 0.05) is 24.7 Å². The molecule has 0 spiro atoms. The van der Waals surface area contributed by atoms with Gasteiger partial charge in [0.2, 0.25) is 0 Å². The van der Waals surface area contributed by atoms with Crippen molar-refractivity contribution in [3.05, 3.63) is 41.9 Å². The van der Waals surface area contributed by atoms with Gasteiger partial charge in [-0.2, -0.15) is 5.10 Å². The van der Waals surface area contributed by atoms with E-state index in [1.54, 1.807) is 22.8 Å². The first-order chi connectivity index (χ1) is 12.3. The van der Waals surface area contributed by atoms with Crippen molar-refractivity contribution in [2.75, 3.05) is 11.9 Å². The van der Waals surface area contributed by atoms with Crippen molar-refractivity contribution in [3.8, 4) is 0 Å². The van der Waals surface area contributed by atoms with Gasteiger partial charge in [-0.3, -0.25) is 15.0 Å². The number of nitrogens with zero attached hydrogens (tertiary/aromatic N) is 4. The normalized spacial score (nSPS) is 12.7. The van der Waals surface area contributed by atoms with Crippen LogP contribution >= 0.6 is 0 Å². The molecule has 0 fully saturated rings. The zero-order chi connectivity index (χ0) is 19.3. The van der Waals surface area contributed by atoms with E-state index in [1.165, 1.54) is 0 Å². The second kappa shape index (κ2) is 8.31. The van der Waals surface area contributed by atoms with Gasteiger partial charge < -0.3 is 10.0 Å². The van der Waals surface area contributed by atoms with Crippen molar-refractivity contribution in [1.29, 1.82) is 0 Å². The summed E-state index contributed by atoms with van der Waals surface area (Å²) in [4.78, 5) is 18.8. The summed E-state index contributed by atoms with van der Waals surface area (Å²) >= 11 is 0. The van der Waals surface area contributed by atoms with Crippen molar-refractivity contribution >= 4 is 11.8 Å². The minimum Gasteiger partial charge on any atom is -0.394 e. The summed E-state index contributed by atoms with van der Waals surface area (Å²) in [5.74, 6) is 0.624. The molecule has 2 aromatic rings. The number of aryl methyl sites for hydroxylation is 1. The van der Waals surface area contributed by atoms with Crippen molar-refractivity contribution in [2.24, 2.45) is 7.05 Å². The Morgan fingerprint density at radius 3 is 2.62 bits per heavy atom. The van der Waals surface area contributed by atoms with Crippen LogP contribution in [-0.2, 0) is 19.0 Å². The van der Waals surface area contributed by atoms with Crippen molar-refractivity contribution in [2.45, 2.75) is 52.1 Å². The number of hydrogen-bond donors (Lipinski definition) is 2. The van der Waals surface area contributed by atoms with E-state index in [4.69, 9.17) is 0 Å². The van der Waals surface area contributed by atoms with Gasteiger partial charge >= 0.3 is 6.03 Å². The summed E-state index contributed by atoms with van der Waals surface area (Å²) in [6, 6.07) is 6.91. The van der Waals surface area contributed by atoms with E-state index >= 15 is 0 Å². The summed E-state index contributed by atoms with van der Waals surface area (Å²) < 4.78 is 1.66. The van der Waals surface area contributed by atoms with Gasteiger partial charge in [-0.25, -0.2) is 4.79 Å². The first kappa shape index (κ1) is 19.9. The number of anilines is 1. The number of carbonyl (C=O) groups is 1. The molecular weight excluding hydrogens is 330 g/mol. The highest BCUT2D eigenvalue weighted by molar-refractivity contribution is 5.88. The highest BCUT2D eigenvalue weighted by Crippen LogP contribution is 2.24. The van der Waals surface area contributed by atoms with Crippen LogP contribution in [0.4, 0.5) is 10.6 Å². The van der Waals surface area contributed by atoms with Gasteiger partial charge in [-0.15, -0.1) is 0 Å². The fourth-order valence-electron chi connectivity index (χ4n) is 2.61. The summed E-state index contributed by atoms with van der Waals surface area (Å²) in [6.07, 6.45) is 2.34. The molecule has 2 aromatic heterocycles. The van der Waals surface area contributed by atoms with E-state index < -0.39 is 0 Å². The lowest BCUT2D eigenvalue weighted by molar-refractivity contribution is 0.133. The van der Waals surface area contributed by atoms with E-state index in [-0.39, 0.29) is 24.1 Å². The summed E-state index contributed by atoms with van der Waals surface area (Å²) in [7, 11) is 1.80. The van der Waals surface area contributed by atoms with E-state index in [9.17, 15) is 9.90 Å². The van der Waals surface area contributed by atoms with Crippen LogP contribution in [0.3, 0.4) is 0 Å². The Morgan fingerprint density at radius 1 is 1.38 bits per heavy atom. The van der Waals surface area contributed by atoms with Gasteiger partial charge in [0.15, 0.2) is 0 Å². The number of pyridine rings is 1. The molecule has 7 heteroatoms. The van der Waals surface area contributed by atoms with Crippen LogP contribution in [0.25, 0.3) is 0 Å². The number of aliphatic hydroxyl groups is 1. The van der Waals surface area contributed by atoms with Crippen molar-refractivity contribution in [3.63, 3.8) is 0 Å². The maximum absolute atomic E-state index is 12.9. The SMILES string of the molecule is CC[C@H](CO)N(Cc1ccccn1)C(=O)Nc1cc(C(C)(C)C)nn1C. The Balaban J connectivity index is 2.22. The maximum Gasteiger partial charge on any atom is 0.323 e. The maximum atomic E-state index is 12.9. The van der Waals surface area contributed by atoms with Crippen LogP contribution in [0.2, 0.25) is 0 Å². The molecule has 0 saturated heterocycles. The Morgan fingerprint density at radius 2 is 2.12 bits per heavy atom. The predicted octanol–water partition coefficient (Wildman–Crippen LogP) is 2.92. The van der Waals surface area contributed by atoms with Gasteiger partial charge in [-0.1, -0.05) is 33.8 Å². The smallest absolute Gasteiger partial charge is 0.323 e. The summed E-state index contributed by atoms with van der Waals surface area (Å²) in [6.45, 7) is 8.40. The fourth-order valence-corrected chi connectivity index (χ4v) is 2.61. The molecule has 0 aliphatic carbocycles. The molecule has 0 aliphatic heterocycles. The Labute approximate surface area is 155 Å². The third-order valence-corrected chi connectivity index (χ3v) is 4.33. The molecule has 2 amide bonds. The second-order valence-electron chi connectivity index (χ2n) is 7.41. The average Bonchev–Trinajstić information content (AvgIpc) is 2.97. The van der Waals surface area contributed by atoms with Gasteiger partial charge in [0.05, 0.1) is 30.6 Å². The molecule has 7 nitrogen and oxygen atoms in total. The first-order valence-corrected chi connectivity index (χ1v) is 8.89. The van der Waals surface area contributed by atoms with Crippen LogP contribution in [0.5, 0.6) is 0 Å². The van der Waals surface area contributed by atoms with E-state index in [1.807, 2.05) is 31.2 Å². The monoisotopic (exact) mass is 359 g/mol. The topological polar surface area (TPSA) is 83.3 Å². The van der Waals surface area contributed by atoms with Crippen LogP contribution in [0, 0.1) is 0 Å². The van der Waals surface area contributed by atoms with E-state index in [2.05, 4.69) is 36.2 Å². The Kier molecular flexibility index (Phi) is 6.37. The van der Waals surface area contributed by atoms with Crippen molar-refractivity contribution < 1.29 is 9.90 Å². The van der Waals surface area contributed by atoms with E-state index in [0.717, 1.165) is 11.4 Å². The highest BCUT2D eigenvalue weighted by Gasteiger charge is 2.25. The van der Waals surface area contributed by atoms with E-state index in [0.29, 0.717) is 18.8 Å². The van der Waals surface area contributed by atoms with Crippen LogP contribution in [-0.4, -0.2) is 43.5 Å². The average molecular weight is 359 g/mol. The van der Waals surface area contributed by atoms with Gasteiger partial charge in [0.1, 0.15) is 5.82 Å². The number of amides is 2. The highest BCUT2D eigenvalue weighted by atomic mass is 16.3. The molecule has 0 unspecified atom stereocenters. The number of aromatic nitrogens is 3. The second-order valence-corrected chi connectivity index (χ2v) is 7.41. The third kappa shape index (κ3) is 4.82. The summed E-state index contributed by atoms with van der Waals surface area (Å²) in [5.41, 5.74) is 1.57. The minimum atomic E-state index is -0.285. The fraction of sp³-hybridized carbons (Fsp3) is 0.526. The largest absolute Gasteiger partial charge is 0.394 e. The summed E-state index contributed by atoms with van der Waals surface area (Å²) in [5, 5.41) is 17.1. The number of nitrogens with one attached hydrogen (secondary N) is 1. The first-order valence-electron chi connectivity index (χ1n) is 8.89. The molecule has 0 radical (unpaired) electrons. The molecule has 2 heterocycles. The third-order valence-electron chi connectivity index (χ3n) is 4.33. The number of carbonyl (C=O) groups excluding carboxylic acids is 1. The van der Waals surface area contributed by atoms with Crippen LogP contribution in [0.15, 0.2) is 30.5 Å². The van der Waals surface area contributed by atoms with Crippen LogP contribution in [0.1, 0.15) is 45.5 Å². The predicted molar refractivity (Wildman–Crippen MR) is 102 cm³/mol. The standard InChI is InChI=1S/C19H29N5O2/c1-6-15(13-25)24(12-14-9-7-8-10-20-14)18(26)21-17-11-16(19(2,3)4)22-23(17)5/h7-11,15,25H,6,12-13H2,1-5H3,(H,21,26)/t15-/m1/s1. The molecular formula is C19H29N5O2. The molecule has 0 bridgehead atoms. The minimum absolute atomic E-state index is 0.102. The molecule has 0 aliphatic rings. The zero-order valence-corrected chi connectivity index (χ0v) is 16.2. The lowest BCUT2D eigenvalue weighted by atomic mass is 9.92. The number of rotatable bonds is 6. The molecule has 26 heavy (non-hydrogen) atoms.